The van der Waals surface area contributed by atoms with Gasteiger partial charge < -0.3 is 9.84 Å². The van der Waals surface area contributed by atoms with Gasteiger partial charge >= 0.3 is 5.97 Å². The molecule has 10 heteroatoms. The molecule has 6 nitrogen and oxygen atoms in total. The van der Waals surface area contributed by atoms with Crippen LogP contribution in [0.4, 0.5) is 0 Å². The van der Waals surface area contributed by atoms with Gasteiger partial charge in [-0.1, -0.05) is 40.9 Å². The second kappa shape index (κ2) is 7.80. The van der Waals surface area contributed by atoms with Crippen LogP contribution in [0.1, 0.15) is 15.9 Å². The van der Waals surface area contributed by atoms with E-state index in [2.05, 4.69) is 9.46 Å². The highest BCUT2D eigenvalue weighted by atomic mass is 35.5. The molecule has 0 aliphatic heterocycles. The van der Waals surface area contributed by atoms with Gasteiger partial charge in [-0.2, -0.15) is 0 Å². The van der Waals surface area contributed by atoms with Gasteiger partial charge in [0.25, 0.3) is 0 Å². The third kappa shape index (κ3) is 4.56. The molecule has 25 heavy (non-hydrogen) atoms. The number of methoxy groups -OCH3 is 1. The zero-order valence-electron chi connectivity index (χ0n) is 12.7. The molecule has 0 radical (unpaired) electrons. The summed E-state index contributed by atoms with van der Waals surface area (Å²) in [6.07, 6.45) is 0. The van der Waals surface area contributed by atoms with Gasteiger partial charge in [-0.3, -0.25) is 0 Å². The fraction of sp³-hybridized carbons (Fsp3) is 0.133. The molecule has 2 rings (SSSR count). The lowest BCUT2D eigenvalue weighted by atomic mass is 10.1. The van der Waals surface area contributed by atoms with E-state index in [1.165, 1.54) is 25.3 Å². The number of nitrogens with one attached hydrogen (secondary N) is 1. The zero-order valence-corrected chi connectivity index (χ0v) is 15.8. The number of ether oxygens (including phenoxy) is 1. The van der Waals surface area contributed by atoms with Crippen molar-refractivity contribution < 1.29 is 23.1 Å². The van der Waals surface area contributed by atoms with Crippen molar-refractivity contribution in [3.8, 4) is 5.75 Å². The maximum absolute atomic E-state index is 12.4. The van der Waals surface area contributed by atoms with Crippen molar-refractivity contribution in [2.45, 2.75) is 11.4 Å². The van der Waals surface area contributed by atoms with Crippen molar-refractivity contribution in [3.05, 3.63) is 56.5 Å². The molecule has 0 bridgehead atoms. The Bertz CT molecular complexity index is 931. The highest BCUT2D eigenvalue weighted by molar-refractivity contribution is 7.89. The van der Waals surface area contributed by atoms with Crippen LogP contribution in [0.2, 0.25) is 15.1 Å². The Kier molecular flexibility index (Phi) is 6.18. The van der Waals surface area contributed by atoms with Crippen molar-refractivity contribution in [2.24, 2.45) is 0 Å². The third-order valence-corrected chi connectivity index (χ3v) is 5.44. The summed E-state index contributed by atoms with van der Waals surface area (Å²) >= 11 is 17.4. The van der Waals surface area contributed by atoms with E-state index < -0.39 is 26.6 Å². The summed E-state index contributed by atoms with van der Waals surface area (Å²) in [7, 11) is -2.89. The first-order chi connectivity index (χ1) is 11.7. The summed E-state index contributed by atoms with van der Waals surface area (Å²) in [4.78, 5) is 11.2. The van der Waals surface area contributed by atoms with Crippen LogP contribution in [0, 0.1) is 0 Å². The Morgan fingerprint density at radius 2 is 1.84 bits per heavy atom. The van der Waals surface area contributed by atoms with Crippen LogP contribution in [0.25, 0.3) is 0 Å². The van der Waals surface area contributed by atoms with E-state index in [0.717, 1.165) is 6.07 Å². The number of phenolic OH excluding ortho intramolecular Hbond substituents is 1. The largest absolute Gasteiger partial charge is 0.505 e. The lowest BCUT2D eigenvalue weighted by Gasteiger charge is -2.11. The quantitative estimate of drug-likeness (QED) is 0.715. The van der Waals surface area contributed by atoms with Crippen LogP contribution < -0.4 is 4.72 Å². The first-order valence-electron chi connectivity index (χ1n) is 6.70. The lowest BCUT2D eigenvalue weighted by molar-refractivity contribution is 0.0601. The molecule has 0 aliphatic rings. The number of aromatic hydroxyl groups is 1. The van der Waals surface area contributed by atoms with Crippen LogP contribution in [0.5, 0.6) is 5.75 Å². The van der Waals surface area contributed by atoms with Gasteiger partial charge in [0, 0.05) is 11.6 Å². The van der Waals surface area contributed by atoms with Gasteiger partial charge in [-0.15, -0.1) is 0 Å². The second-order valence-electron chi connectivity index (χ2n) is 4.86. The van der Waals surface area contributed by atoms with Crippen LogP contribution in [-0.4, -0.2) is 26.6 Å². The Morgan fingerprint density at radius 1 is 1.16 bits per heavy atom. The van der Waals surface area contributed by atoms with E-state index in [-0.39, 0.29) is 27.2 Å². The number of hydrogen-bond donors (Lipinski definition) is 2. The first-order valence-corrected chi connectivity index (χ1v) is 9.32. The van der Waals surface area contributed by atoms with Crippen molar-refractivity contribution in [1.82, 2.24) is 4.72 Å². The number of carbonyl (C=O) groups is 1. The summed E-state index contributed by atoms with van der Waals surface area (Å²) < 4.78 is 31.6. The third-order valence-electron chi connectivity index (χ3n) is 3.19. The molecule has 2 aromatic carbocycles. The number of sulfonamides is 1. The van der Waals surface area contributed by atoms with E-state index in [1.54, 1.807) is 6.07 Å². The maximum atomic E-state index is 12.4. The second-order valence-corrected chi connectivity index (χ2v) is 7.85. The highest BCUT2D eigenvalue weighted by Gasteiger charge is 2.22. The molecule has 0 saturated heterocycles. The number of halogens is 3. The van der Waals surface area contributed by atoms with E-state index in [0.29, 0.717) is 5.56 Å². The van der Waals surface area contributed by atoms with Gasteiger partial charge in [0.1, 0.15) is 4.90 Å². The monoisotopic (exact) mass is 423 g/mol. The van der Waals surface area contributed by atoms with Crippen LogP contribution in [0.3, 0.4) is 0 Å². The van der Waals surface area contributed by atoms with E-state index in [9.17, 15) is 18.3 Å². The highest BCUT2D eigenvalue weighted by Crippen LogP contribution is 2.34. The Balaban J connectivity index is 2.28. The van der Waals surface area contributed by atoms with Gasteiger partial charge in [0.15, 0.2) is 5.75 Å². The first kappa shape index (κ1) is 19.8. The molecule has 2 N–H and O–H groups in total. The predicted molar refractivity (Wildman–Crippen MR) is 94.9 cm³/mol. The number of benzene rings is 2. The summed E-state index contributed by atoms with van der Waals surface area (Å²) in [6, 6.07) is 6.70. The fourth-order valence-electron chi connectivity index (χ4n) is 1.95. The Hall–Kier alpha value is -1.51. The molecule has 2 aromatic rings. The Morgan fingerprint density at radius 3 is 2.48 bits per heavy atom. The zero-order chi connectivity index (χ0) is 18.8. The van der Waals surface area contributed by atoms with Crippen molar-refractivity contribution in [1.29, 1.82) is 0 Å². The van der Waals surface area contributed by atoms with Crippen LogP contribution in [0.15, 0.2) is 35.2 Å². The molecule has 134 valence electrons. The number of esters is 1. The molecule has 0 aliphatic carbocycles. The van der Waals surface area contributed by atoms with Crippen LogP contribution >= 0.6 is 34.8 Å². The molecule has 0 spiro atoms. The Labute approximate surface area is 159 Å². The average molecular weight is 425 g/mol. The number of hydrogen-bond acceptors (Lipinski definition) is 5. The predicted octanol–water partition coefficient (Wildman–Crippen LogP) is 3.62. The average Bonchev–Trinajstić information content (AvgIpc) is 2.56. The number of carbonyl (C=O) groups excluding carboxylic acids is 1. The fourth-order valence-corrected chi connectivity index (χ4v) is 3.92. The lowest BCUT2D eigenvalue weighted by Crippen LogP contribution is -2.23. The SMILES string of the molecule is COC(=O)c1cc(CNS(=O)(=O)c2cc(Cl)cc(Cl)c2O)ccc1Cl. The molecule has 0 amide bonds. The van der Waals surface area contributed by atoms with Gasteiger partial charge in [-0.05, 0) is 29.8 Å². The molecule has 0 fully saturated rings. The normalized spacial score (nSPS) is 11.4. The minimum Gasteiger partial charge on any atom is -0.505 e. The molecule has 0 atom stereocenters. The summed E-state index contributed by atoms with van der Waals surface area (Å²) in [5, 5.41) is 9.90. The number of rotatable bonds is 5. The van der Waals surface area contributed by atoms with Crippen molar-refractivity contribution in [3.63, 3.8) is 0 Å². The molecule has 0 heterocycles. The van der Waals surface area contributed by atoms with Crippen molar-refractivity contribution >= 4 is 50.8 Å². The van der Waals surface area contributed by atoms with E-state index >= 15 is 0 Å². The van der Waals surface area contributed by atoms with Crippen LogP contribution in [-0.2, 0) is 21.3 Å². The summed E-state index contributed by atoms with van der Waals surface area (Å²) in [6.45, 7) is -0.160. The summed E-state index contributed by atoms with van der Waals surface area (Å²) in [5.41, 5.74) is 0.565. The topological polar surface area (TPSA) is 92.7 Å². The minimum absolute atomic E-state index is 0.0580. The van der Waals surface area contributed by atoms with Gasteiger partial charge in [-0.25, -0.2) is 17.9 Å². The van der Waals surface area contributed by atoms with E-state index in [4.69, 9.17) is 34.8 Å². The minimum atomic E-state index is -4.10. The van der Waals surface area contributed by atoms with E-state index in [1.807, 2.05) is 0 Å². The van der Waals surface area contributed by atoms with Gasteiger partial charge in [0.05, 0.1) is 22.7 Å². The standard InChI is InChI=1S/C15H12Cl3NO5S/c1-24-15(21)10-4-8(2-3-11(10)17)7-19-25(22,23)13-6-9(16)5-12(18)14(13)20/h2-6,19-20H,7H2,1H3. The maximum Gasteiger partial charge on any atom is 0.339 e. The molecule has 0 saturated carbocycles. The molecule has 0 unspecified atom stereocenters. The number of phenols is 1. The molecular weight excluding hydrogens is 413 g/mol. The summed E-state index contributed by atoms with van der Waals surface area (Å²) in [5.74, 6) is -1.25. The molecule has 0 aromatic heterocycles. The van der Waals surface area contributed by atoms with Crippen molar-refractivity contribution in [2.75, 3.05) is 7.11 Å². The smallest absolute Gasteiger partial charge is 0.339 e. The van der Waals surface area contributed by atoms with Gasteiger partial charge in [0.2, 0.25) is 10.0 Å². The molecular formula is C15H12Cl3NO5S.